The van der Waals surface area contributed by atoms with E-state index in [1.165, 1.54) is 6.08 Å². The van der Waals surface area contributed by atoms with Crippen LogP contribution in [0.25, 0.3) is 6.08 Å². The van der Waals surface area contributed by atoms with Gasteiger partial charge in [0.25, 0.3) is 11.8 Å². The Balaban J connectivity index is 1.92. The van der Waals surface area contributed by atoms with Crippen molar-refractivity contribution < 1.29 is 28.6 Å². The molecule has 0 bridgehead atoms. The standard InChI is InChI=1S/C26H29BrN2O6/c1-5-7-12-34-19-10-8-18(9-11-19)29-25(31)20(24(30)28-26(29)32)13-17-14-21(27)23(35-16(3)4)22(15-17)33-6-2/h8-11,13-16H,5-7,12H2,1-4H3,(H,28,30,32)/b20-13-. The van der Waals surface area contributed by atoms with Crippen LogP contribution in [0, 0.1) is 0 Å². The number of hydrogen-bond donors (Lipinski definition) is 1. The van der Waals surface area contributed by atoms with Crippen LogP contribution in [0.5, 0.6) is 17.2 Å². The average Bonchev–Trinajstić information content (AvgIpc) is 2.80. The van der Waals surface area contributed by atoms with Gasteiger partial charge in [0.15, 0.2) is 11.5 Å². The van der Waals surface area contributed by atoms with E-state index in [2.05, 4.69) is 28.2 Å². The van der Waals surface area contributed by atoms with Crippen LogP contribution in [0.15, 0.2) is 46.4 Å². The Labute approximate surface area is 213 Å². The van der Waals surface area contributed by atoms with Crippen LogP contribution in [0.2, 0.25) is 0 Å². The molecule has 1 fully saturated rings. The molecule has 9 heteroatoms. The maximum atomic E-state index is 13.2. The highest BCUT2D eigenvalue weighted by molar-refractivity contribution is 9.10. The highest BCUT2D eigenvalue weighted by Crippen LogP contribution is 2.38. The number of carbonyl (C=O) groups excluding carboxylic acids is 3. The molecule has 1 aliphatic rings. The largest absolute Gasteiger partial charge is 0.494 e. The molecule has 4 amide bonds. The Morgan fingerprint density at radius 1 is 1.06 bits per heavy atom. The number of rotatable bonds is 10. The van der Waals surface area contributed by atoms with Crippen LogP contribution in [-0.4, -0.2) is 37.2 Å². The molecule has 8 nitrogen and oxygen atoms in total. The highest BCUT2D eigenvalue weighted by atomic mass is 79.9. The molecule has 0 spiro atoms. The number of nitrogens with one attached hydrogen (secondary N) is 1. The quantitative estimate of drug-likeness (QED) is 0.242. The fourth-order valence-electron chi connectivity index (χ4n) is 3.37. The van der Waals surface area contributed by atoms with Crippen LogP contribution >= 0.6 is 15.9 Å². The summed E-state index contributed by atoms with van der Waals surface area (Å²) >= 11 is 3.48. The zero-order chi connectivity index (χ0) is 25.5. The lowest BCUT2D eigenvalue weighted by atomic mass is 10.1. The molecule has 3 rings (SSSR count). The van der Waals surface area contributed by atoms with Gasteiger partial charge in [0.1, 0.15) is 11.3 Å². The molecule has 1 N–H and O–H groups in total. The van der Waals surface area contributed by atoms with E-state index in [1.54, 1.807) is 36.4 Å². The molecule has 35 heavy (non-hydrogen) atoms. The first-order chi connectivity index (χ1) is 16.7. The number of nitrogens with zero attached hydrogens (tertiary/aromatic N) is 1. The minimum absolute atomic E-state index is 0.0802. The van der Waals surface area contributed by atoms with E-state index in [9.17, 15) is 14.4 Å². The SMILES string of the molecule is CCCCOc1ccc(N2C(=O)NC(=O)/C(=C/c3cc(Br)c(OC(C)C)c(OCC)c3)C2=O)cc1. The molecule has 0 aromatic heterocycles. The summed E-state index contributed by atoms with van der Waals surface area (Å²) in [6.07, 6.45) is 3.28. The zero-order valence-electron chi connectivity index (χ0n) is 20.2. The number of benzene rings is 2. The summed E-state index contributed by atoms with van der Waals surface area (Å²) in [5.74, 6) is 0.137. The summed E-state index contributed by atoms with van der Waals surface area (Å²) in [6.45, 7) is 8.71. The van der Waals surface area contributed by atoms with Gasteiger partial charge in [-0.3, -0.25) is 14.9 Å². The van der Waals surface area contributed by atoms with Crippen molar-refractivity contribution in [2.24, 2.45) is 0 Å². The lowest BCUT2D eigenvalue weighted by Crippen LogP contribution is -2.54. The van der Waals surface area contributed by atoms with E-state index in [0.29, 0.717) is 46.2 Å². The topological polar surface area (TPSA) is 94.2 Å². The van der Waals surface area contributed by atoms with Gasteiger partial charge in [-0.05, 0) is 91.2 Å². The van der Waals surface area contributed by atoms with Crippen LogP contribution in [0.4, 0.5) is 10.5 Å². The Morgan fingerprint density at radius 2 is 1.77 bits per heavy atom. The Morgan fingerprint density at radius 3 is 2.40 bits per heavy atom. The van der Waals surface area contributed by atoms with Gasteiger partial charge in [0.2, 0.25) is 0 Å². The Kier molecular flexibility index (Phi) is 8.92. The summed E-state index contributed by atoms with van der Waals surface area (Å²) < 4.78 is 17.8. The molecule has 2 aromatic rings. The smallest absolute Gasteiger partial charge is 0.335 e. The van der Waals surface area contributed by atoms with E-state index in [4.69, 9.17) is 14.2 Å². The van der Waals surface area contributed by atoms with Gasteiger partial charge in [-0.2, -0.15) is 0 Å². The van der Waals surface area contributed by atoms with Gasteiger partial charge in [-0.15, -0.1) is 0 Å². The summed E-state index contributed by atoms with van der Waals surface area (Å²) in [5.41, 5.74) is 0.675. The van der Waals surface area contributed by atoms with Crippen molar-refractivity contribution in [3.63, 3.8) is 0 Å². The second kappa shape index (κ2) is 11.9. The number of amides is 4. The van der Waals surface area contributed by atoms with Crippen molar-refractivity contribution in [3.8, 4) is 17.2 Å². The number of anilines is 1. The first kappa shape index (κ1) is 26.3. The Bertz CT molecular complexity index is 1130. The van der Waals surface area contributed by atoms with Crippen LogP contribution in [0.3, 0.4) is 0 Å². The van der Waals surface area contributed by atoms with Crippen molar-refractivity contribution in [2.75, 3.05) is 18.1 Å². The van der Waals surface area contributed by atoms with E-state index in [-0.39, 0.29) is 11.7 Å². The molecule has 1 heterocycles. The fourth-order valence-corrected chi connectivity index (χ4v) is 3.92. The predicted molar refractivity (Wildman–Crippen MR) is 137 cm³/mol. The minimum Gasteiger partial charge on any atom is -0.494 e. The maximum absolute atomic E-state index is 13.2. The molecule has 0 saturated carbocycles. The molecule has 186 valence electrons. The molecular weight excluding hydrogens is 516 g/mol. The third-order valence-corrected chi connectivity index (χ3v) is 5.55. The fraction of sp³-hybridized carbons (Fsp3) is 0.346. The van der Waals surface area contributed by atoms with Crippen LogP contribution in [-0.2, 0) is 9.59 Å². The second-order valence-electron chi connectivity index (χ2n) is 8.08. The van der Waals surface area contributed by atoms with Gasteiger partial charge < -0.3 is 14.2 Å². The highest BCUT2D eigenvalue weighted by Gasteiger charge is 2.37. The molecule has 2 aromatic carbocycles. The number of urea groups is 1. The van der Waals surface area contributed by atoms with Crippen LogP contribution in [0.1, 0.15) is 46.1 Å². The third-order valence-electron chi connectivity index (χ3n) is 4.96. The van der Waals surface area contributed by atoms with E-state index < -0.39 is 17.8 Å². The lowest BCUT2D eigenvalue weighted by molar-refractivity contribution is -0.122. The molecule has 0 atom stereocenters. The number of barbiturate groups is 1. The summed E-state index contributed by atoms with van der Waals surface area (Å²) in [4.78, 5) is 39.3. The number of ether oxygens (including phenoxy) is 3. The third kappa shape index (κ3) is 6.42. The minimum atomic E-state index is -0.811. The van der Waals surface area contributed by atoms with Crippen molar-refractivity contribution in [2.45, 2.75) is 46.6 Å². The number of carbonyl (C=O) groups is 3. The number of halogens is 1. The number of imide groups is 2. The van der Waals surface area contributed by atoms with Gasteiger partial charge >= 0.3 is 6.03 Å². The van der Waals surface area contributed by atoms with E-state index in [0.717, 1.165) is 17.7 Å². The normalized spacial score (nSPS) is 15.0. The van der Waals surface area contributed by atoms with E-state index in [1.807, 2.05) is 20.8 Å². The monoisotopic (exact) mass is 544 g/mol. The first-order valence-electron chi connectivity index (χ1n) is 11.5. The number of hydrogen-bond acceptors (Lipinski definition) is 6. The molecule has 0 aliphatic carbocycles. The maximum Gasteiger partial charge on any atom is 0.335 e. The lowest BCUT2D eigenvalue weighted by Gasteiger charge is -2.26. The number of unbranched alkanes of at least 4 members (excludes halogenated alkanes) is 1. The van der Waals surface area contributed by atoms with Gasteiger partial charge in [0, 0.05) is 0 Å². The molecule has 1 aliphatic heterocycles. The molecule has 1 saturated heterocycles. The van der Waals surface area contributed by atoms with Crippen molar-refractivity contribution >= 4 is 45.5 Å². The van der Waals surface area contributed by atoms with Crippen molar-refractivity contribution in [1.82, 2.24) is 5.32 Å². The van der Waals surface area contributed by atoms with Gasteiger partial charge in [0.05, 0.1) is 29.5 Å². The second-order valence-corrected chi connectivity index (χ2v) is 8.94. The first-order valence-corrected chi connectivity index (χ1v) is 12.3. The summed E-state index contributed by atoms with van der Waals surface area (Å²) in [7, 11) is 0. The van der Waals surface area contributed by atoms with E-state index >= 15 is 0 Å². The van der Waals surface area contributed by atoms with Gasteiger partial charge in [-0.1, -0.05) is 13.3 Å². The molecule has 0 radical (unpaired) electrons. The van der Waals surface area contributed by atoms with Gasteiger partial charge in [-0.25, -0.2) is 9.69 Å². The Hall–Kier alpha value is -3.33. The average molecular weight is 545 g/mol. The van der Waals surface area contributed by atoms with Crippen LogP contribution < -0.4 is 24.4 Å². The summed E-state index contributed by atoms with van der Waals surface area (Å²) in [6, 6.07) is 9.17. The molecule has 0 unspecified atom stereocenters. The van der Waals surface area contributed by atoms with Crippen molar-refractivity contribution in [1.29, 1.82) is 0 Å². The molecular formula is C26H29BrN2O6. The summed E-state index contributed by atoms with van der Waals surface area (Å²) in [5, 5.41) is 2.24. The predicted octanol–water partition coefficient (Wildman–Crippen LogP) is 5.48. The van der Waals surface area contributed by atoms with Crippen molar-refractivity contribution in [3.05, 3.63) is 52.0 Å². The zero-order valence-corrected chi connectivity index (χ0v) is 21.8.